The monoisotopic (exact) mass is 245 g/mol. The van der Waals surface area contributed by atoms with Crippen molar-refractivity contribution in [2.75, 3.05) is 0 Å². The Labute approximate surface area is 101 Å². The van der Waals surface area contributed by atoms with Crippen LogP contribution in [0, 0.1) is 0 Å². The van der Waals surface area contributed by atoms with Crippen molar-refractivity contribution < 1.29 is 0 Å². The van der Waals surface area contributed by atoms with Crippen LogP contribution in [-0.2, 0) is 0 Å². The third-order valence-electron chi connectivity index (χ3n) is 2.53. The summed E-state index contributed by atoms with van der Waals surface area (Å²) in [5, 5.41) is 3.68. The van der Waals surface area contributed by atoms with Gasteiger partial charge in [0, 0.05) is 23.4 Å². The first kappa shape index (κ1) is 10.1. The highest BCUT2D eigenvalue weighted by Crippen LogP contribution is 2.20. The van der Waals surface area contributed by atoms with E-state index in [-0.39, 0.29) is 5.56 Å². The average molecular weight is 246 g/mol. The SMILES string of the molecule is O=c1ccnc2cc(-c3ccc(Cl)cc3)[nH]n12. The molecular formula is C12H8ClN3O. The third-order valence-corrected chi connectivity index (χ3v) is 2.79. The normalized spacial score (nSPS) is 10.9. The summed E-state index contributed by atoms with van der Waals surface area (Å²) in [5.41, 5.74) is 2.26. The van der Waals surface area contributed by atoms with Crippen LogP contribution in [0.2, 0.25) is 5.02 Å². The quantitative estimate of drug-likeness (QED) is 0.715. The van der Waals surface area contributed by atoms with Crippen LogP contribution in [0.15, 0.2) is 47.4 Å². The minimum atomic E-state index is -0.129. The van der Waals surface area contributed by atoms with Crippen molar-refractivity contribution in [3.05, 3.63) is 58.0 Å². The molecule has 1 aromatic carbocycles. The summed E-state index contributed by atoms with van der Waals surface area (Å²) in [5.74, 6) is 0. The molecule has 0 aliphatic carbocycles. The van der Waals surface area contributed by atoms with Crippen LogP contribution in [0.3, 0.4) is 0 Å². The Balaban J connectivity index is 2.21. The predicted octanol–water partition coefficient (Wildman–Crippen LogP) is 2.34. The molecule has 17 heavy (non-hydrogen) atoms. The van der Waals surface area contributed by atoms with E-state index in [2.05, 4.69) is 10.1 Å². The highest BCUT2D eigenvalue weighted by molar-refractivity contribution is 6.30. The van der Waals surface area contributed by atoms with E-state index in [1.807, 2.05) is 18.2 Å². The Morgan fingerprint density at radius 3 is 2.65 bits per heavy atom. The van der Waals surface area contributed by atoms with Crippen LogP contribution in [-0.4, -0.2) is 14.6 Å². The van der Waals surface area contributed by atoms with Crippen LogP contribution in [0.25, 0.3) is 16.9 Å². The zero-order valence-corrected chi connectivity index (χ0v) is 9.48. The van der Waals surface area contributed by atoms with Gasteiger partial charge >= 0.3 is 0 Å². The zero-order valence-electron chi connectivity index (χ0n) is 8.72. The van der Waals surface area contributed by atoms with Gasteiger partial charge < -0.3 is 0 Å². The Hall–Kier alpha value is -2.07. The van der Waals surface area contributed by atoms with Gasteiger partial charge in [-0.1, -0.05) is 23.7 Å². The molecule has 4 nitrogen and oxygen atoms in total. The van der Waals surface area contributed by atoms with Crippen LogP contribution in [0.4, 0.5) is 0 Å². The molecule has 2 heterocycles. The highest BCUT2D eigenvalue weighted by Gasteiger charge is 2.04. The molecule has 0 aliphatic rings. The van der Waals surface area contributed by atoms with Gasteiger partial charge in [-0.2, -0.15) is 0 Å². The van der Waals surface area contributed by atoms with Gasteiger partial charge in [0.15, 0.2) is 5.65 Å². The molecule has 0 aliphatic heterocycles. The molecule has 3 rings (SSSR count). The van der Waals surface area contributed by atoms with Gasteiger partial charge in [-0.15, -0.1) is 0 Å². The molecule has 5 heteroatoms. The first-order valence-corrected chi connectivity index (χ1v) is 5.44. The van der Waals surface area contributed by atoms with Crippen LogP contribution >= 0.6 is 11.6 Å². The van der Waals surface area contributed by atoms with E-state index in [4.69, 9.17) is 11.6 Å². The molecule has 0 saturated carbocycles. The molecule has 2 aromatic heterocycles. The maximum Gasteiger partial charge on any atom is 0.272 e. The number of rotatable bonds is 1. The van der Waals surface area contributed by atoms with Crippen molar-refractivity contribution in [2.45, 2.75) is 0 Å². The maximum atomic E-state index is 11.5. The van der Waals surface area contributed by atoms with Gasteiger partial charge in [0.25, 0.3) is 5.56 Å². The molecule has 3 aromatic rings. The number of hydrogen-bond donors (Lipinski definition) is 1. The lowest BCUT2D eigenvalue weighted by Crippen LogP contribution is -2.12. The second-order valence-electron chi connectivity index (χ2n) is 3.65. The van der Waals surface area contributed by atoms with Gasteiger partial charge in [0.1, 0.15) is 0 Å². The fourth-order valence-corrected chi connectivity index (χ4v) is 1.82. The van der Waals surface area contributed by atoms with Gasteiger partial charge in [-0.25, -0.2) is 9.50 Å². The maximum absolute atomic E-state index is 11.5. The van der Waals surface area contributed by atoms with Crippen molar-refractivity contribution in [3.8, 4) is 11.3 Å². The van der Waals surface area contributed by atoms with E-state index >= 15 is 0 Å². The lowest BCUT2D eigenvalue weighted by Gasteiger charge is -1.96. The average Bonchev–Trinajstić information content (AvgIpc) is 2.75. The molecule has 0 radical (unpaired) electrons. The van der Waals surface area contributed by atoms with E-state index in [0.717, 1.165) is 11.3 Å². The molecule has 0 saturated heterocycles. The van der Waals surface area contributed by atoms with E-state index in [1.165, 1.54) is 16.8 Å². The predicted molar refractivity (Wildman–Crippen MR) is 66.3 cm³/mol. The summed E-state index contributed by atoms with van der Waals surface area (Å²) in [6.45, 7) is 0. The fourth-order valence-electron chi connectivity index (χ4n) is 1.70. The number of halogens is 1. The zero-order chi connectivity index (χ0) is 11.8. The molecular weight excluding hydrogens is 238 g/mol. The summed E-state index contributed by atoms with van der Waals surface area (Å²) in [4.78, 5) is 15.7. The number of benzene rings is 1. The summed E-state index contributed by atoms with van der Waals surface area (Å²) in [6.07, 6.45) is 1.50. The first-order chi connectivity index (χ1) is 8.24. The summed E-state index contributed by atoms with van der Waals surface area (Å²) >= 11 is 5.83. The Kier molecular flexibility index (Phi) is 2.23. The fraction of sp³-hybridized carbons (Fsp3) is 0. The summed E-state index contributed by atoms with van der Waals surface area (Å²) in [7, 11) is 0. The third kappa shape index (κ3) is 1.72. The number of H-pyrrole nitrogens is 1. The van der Waals surface area contributed by atoms with E-state index in [1.54, 1.807) is 12.1 Å². The van der Waals surface area contributed by atoms with Crippen molar-refractivity contribution in [1.29, 1.82) is 0 Å². The largest absolute Gasteiger partial charge is 0.289 e. The number of hydrogen-bond acceptors (Lipinski definition) is 2. The Morgan fingerprint density at radius 2 is 1.94 bits per heavy atom. The second-order valence-corrected chi connectivity index (χ2v) is 4.09. The van der Waals surface area contributed by atoms with Crippen LogP contribution in [0.5, 0.6) is 0 Å². The molecule has 0 bridgehead atoms. The molecule has 0 atom stereocenters. The van der Waals surface area contributed by atoms with Crippen molar-refractivity contribution in [1.82, 2.24) is 14.6 Å². The van der Waals surface area contributed by atoms with Gasteiger partial charge in [-0.05, 0) is 17.7 Å². The standard InChI is InChI=1S/C12H8ClN3O/c13-9-3-1-8(2-4-9)10-7-11-14-6-5-12(17)16(11)15-10/h1-7,15H. The van der Waals surface area contributed by atoms with Crippen molar-refractivity contribution >= 4 is 17.2 Å². The van der Waals surface area contributed by atoms with Gasteiger partial charge in [-0.3, -0.25) is 9.89 Å². The molecule has 1 N–H and O–H groups in total. The van der Waals surface area contributed by atoms with E-state index in [0.29, 0.717) is 10.7 Å². The minimum absolute atomic E-state index is 0.129. The summed E-state index contributed by atoms with van der Waals surface area (Å²) in [6, 6.07) is 10.6. The second kappa shape index (κ2) is 3.75. The van der Waals surface area contributed by atoms with Gasteiger partial charge in [0.2, 0.25) is 0 Å². The molecule has 0 amide bonds. The topological polar surface area (TPSA) is 50.2 Å². The lowest BCUT2D eigenvalue weighted by atomic mass is 10.2. The van der Waals surface area contributed by atoms with E-state index < -0.39 is 0 Å². The number of aromatic amines is 1. The number of aromatic nitrogens is 3. The smallest absolute Gasteiger partial charge is 0.272 e. The summed E-state index contributed by atoms with van der Waals surface area (Å²) < 4.78 is 1.41. The Bertz CT molecular complexity index is 727. The Morgan fingerprint density at radius 1 is 1.18 bits per heavy atom. The number of nitrogens with zero attached hydrogens (tertiary/aromatic N) is 2. The van der Waals surface area contributed by atoms with E-state index in [9.17, 15) is 4.79 Å². The lowest BCUT2D eigenvalue weighted by molar-refractivity contribution is 0.903. The van der Waals surface area contributed by atoms with Crippen molar-refractivity contribution in [2.24, 2.45) is 0 Å². The first-order valence-electron chi connectivity index (χ1n) is 5.07. The highest BCUT2D eigenvalue weighted by atomic mass is 35.5. The number of fused-ring (bicyclic) bond motifs is 1. The molecule has 0 spiro atoms. The molecule has 84 valence electrons. The van der Waals surface area contributed by atoms with Crippen molar-refractivity contribution in [3.63, 3.8) is 0 Å². The molecule has 0 fully saturated rings. The van der Waals surface area contributed by atoms with Crippen LogP contribution in [0.1, 0.15) is 0 Å². The minimum Gasteiger partial charge on any atom is -0.289 e. The van der Waals surface area contributed by atoms with Gasteiger partial charge in [0.05, 0.1) is 5.69 Å². The number of nitrogens with one attached hydrogen (secondary N) is 1. The molecule has 0 unspecified atom stereocenters. The van der Waals surface area contributed by atoms with Crippen LogP contribution < -0.4 is 5.56 Å².